The summed E-state index contributed by atoms with van der Waals surface area (Å²) in [6.07, 6.45) is 16.3. The fourth-order valence-corrected chi connectivity index (χ4v) is 12.4. The monoisotopic (exact) mass is 970 g/mol. The van der Waals surface area contributed by atoms with Gasteiger partial charge in [-0.2, -0.15) is 0 Å². The zero-order chi connectivity index (χ0) is 51.5. The predicted octanol–water partition coefficient (Wildman–Crippen LogP) is 20.8. The van der Waals surface area contributed by atoms with Crippen LogP contribution in [0.25, 0.3) is 72.0 Å². The summed E-state index contributed by atoms with van der Waals surface area (Å²) in [6.45, 7) is 16.7. The highest BCUT2D eigenvalue weighted by atomic mass is 15.1. The van der Waals surface area contributed by atoms with E-state index in [9.17, 15) is 0 Å². The van der Waals surface area contributed by atoms with E-state index in [0.717, 1.165) is 29.9 Å². The third-order valence-corrected chi connectivity index (χ3v) is 16.8. The lowest BCUT2D eigenvalue weighted by molar-refractivity contribution is 0.292. The number of rotatable bonds is 9. The lowest BCUT2D eigenvalue weighted by Gasteiger charge is -2.36. The van der Waals surface area contributed by atoms with Crippen LogP contribution in [0.1, 0.15) is 78.0 Å². The second kappa shape index (κ2) is 19.0. The van der Waals surface area contributed by atoms with E-state index in [4.69, 9.17) is 0 Å². The summed E-state index contributed by atoms with van der Waals surface area (Å²) in [6, 6.07) is 77.1. The van der Waals surface area contributed by atoms with Gasteiger partial charge in [0.05, 0.1) is 5.69 Å². The van der Waals surface area contributed by atoms with Crippen LogP contribution >= 0.6 is 0 Å². The molecule has 368 valence electrons. The minimum Gasteiger partial charge on any atom is -0.310 e. The van der Waals surface area contributed by atoms with Crippen LogP contribution in [0.4, 0.5) is 17.1 Å². The van der Waals surface area contributed by atoms with Gasteiger partial charge in [0.2, 0.25) is 0 Å². The molecule has 1 nitrogen and oxygen atoms in total. The maximum atomic E-state index is 2.56. The van der Waals surface area contributed by atoms with E-state index < -0.39 is 0 Å². The number of allylic oxidation sites excluding steroid dienone is 8. The second-order valence-electron chi connectivity index (χ2n) is 23.5. The molecule has 0 aromatic heterocycles. The van der Waals surface area contributed by atoms with Crippen molar-refractivity contribution in [2.45, 2.75) is 66.7 Å². The first kappa shape index (κ1) is 48.0. The standard InChI is InChI=1S/C74H67N/c1-72(2,3)59-46-57(47-60(49-59)73(4,5)6)63-28-18-22-55-23-19-29-67(71(55)63)66-27-15-17-31-70(66)75(61-41-36-53(37-42-61)52-34-32-51(33-35-52)50-20-10-8-11-21-50)62-43-38-54(39-44-62)56-40-45-65-64-26-14-16-30-68(64)74(7,69(65)48-56)58-24-12-9-13-25-58/h8-24,26-46,48-49,58,60H,25,47H2,1-7H3. The Hall–Kier alpha value is -8.00. The molecule has 1 heteroatoms. The van der Waals surface area contributed by atoms with Crippen LogP contribution in [-0.2, 0) is 5.41 Å². The van der Waals surface area contributed by atoms with Crippen LogP contribution in [0.15, 0.2) is 248 Å². The van der Waals surface area contributed by atoms with E-state index in [1.807, 2.05) is 0 Å². The fraction of sp³-hybridized carbons (Fsp3) is 0.189. The maximum Gasteiger partial charge on any atom is 0.0540 e. The van der Waals surface area contributed by atoms with Gasteiger partial charge >= 0.3 is 0 Å². The predicted molar refractivity (Wildman–Crippen MR) is 322 cm³/mol. The van der Waals surface area contributed by atoms with E-state index in [1.165, 1.54) is 94.2 Å². The van der Waals surface area contributed by atoms with Crippen molar-refractivity contribution in [3.63, 3.8) is 0 Å². The largest absolute Gasteiger partial charge is 0.310 e. The van der Waals surface area contributed by atoms with Crippen LogP contribution in [-0.4, -0.2) is 0 Å². The summed E-state index contributed by atoms with van der Waals surface area (Å²) in [4.78, 5) is 2.47. The molecule has 0 fully saturated rings. The van der Waals surface area contributed by atoms with E-state index in [1.54, 1.807) is 0 Å². The van der Waals surface area contributed by atoms with Crippen LogP contribution in [0.2, 0.25) is 0 Å². The van der Waals surface area contributed by atoms with Crippen molar-refractivity contribution in [1.82, 2.24) is 0 Å². The lowest BCUT2D eigenvalue weighted by Crippen LogP contribution is -2.30. The minimum absolute atomic E-state index is 0.0315. The molecule has 0 heterocycles. The van der Waals surface area contributed by atoms with Crippen molar-refractivity contribution in [2.24, 2.45) is 22.7 Å². The second-order valence-corrected chi connectivity index (χ2v) is 23.5. The van der Waals surface area contributed by atoms with Crippen molar-refractivity contribution in [3.8, 4) is 55.6 Å². The first-order chi connectivity index (χ1) is 36.3. The van der Waals surface area contributed by atoms with Crippen LogP contribution in [0.5, 0.6) is 0 Å². The number of benzene rings is 9. The number of hydrogen-bond donors (Lipinski definition) is 0. The van der Waals surface area contributed by atoms with E-state index in [-0.39, 0.29) is 16.2 Å². The molecule has 0 bridgehead atoms. The van der Waals surface area contributed by atoms with Gasteiger partial charge in [0.15, 0.2) is 0 Å². The van der Waals surface area contributed by atoms with Crippen molar-refractivity contribution < 1.29 is 0 Å². The third kappa shape index (κ3) is 8.83. The minimum atomic E-state index is -0.130. The van der Waals surface area contributed by atoms with Gasteiger partial charge in [0, 0.05) is 22.4 Å². The number of hydrogen-bond acceptors (Lipinski definition) is 1. The Kier molecular flexibility index (Phi) is 12.2. The highest BCUT2D eigenvalue weighted by molar-refractivity contribution is 6.07. The fourth-order valence-electron chi connectivity index (χ4n) is 12.4. The number of nitrogens with zero attached hydrogens (tertiary/aromatic N) is 1. The molecule has 0 aliphatic heterocycles. The number of fused-ring (bicyclic) bond motifs is 4. The Morgan fingerprint density at radius 1 is 0.467 bits per heavy atom. The quantitative estimate of drug-likeness (QED) is 0.139. The highest BCUT2D eigenvalue weighted by Gasteiger charge is 2.44. The van der Waals surface area contributed by atoms with Crippen molar-refractivity contribution in [2.75, 3.05) is 4.90 Å². The molecule has 9 aromatic carbocycles. The summed E-state index contributed by atoms with van der Waals surface area (Å²) in [5.74, 6) is 0.806. The van der Waals surface area contributed by atoms with Crippen molar-refractivity contribution >= 4 is 33.4 Å². The van der Waals surface area contributed by atoms with Crippen LogP contribution < -0.4 is 4.90 Å². The molecule has 0 radical (unpaired) electrons. The summed E-state index contributed by atoms with van der Waals surface area (Å²) in [7, 11) is 0. The average molecular weight is 970 g/mol. The zero-order valence-electron chi connectivity index (χ0n) is 44.6. The van der Waals surface area contributed by atoms with Gasteiger partial charge in [0.25, 0.3) is 0 Å². The van der Waals surface area contributed by atoms with Crippen molar-refractivity contribution in [3.05, 3.63) is 265 Å². The lowest BCUT2D eigenvalue weighted by atomic mass is 9.67. The topological polar surface area (TPSA) is 3.24 Å². The Bertz CT molecular complexity index is 3710. The molecular weight excluding hydrogens is 903 g/mol. The molecule has 3 aliphatic carbocycles. The highest BCUT2D eigenvalue weighted by Crippen LogP contribution is 2.55. The first-order valence-electron chi connectivity index (χ1n) is 27.1. The SMILES string of the molecule is CC(C)(C)C1=CC(C(C)(C)C)CC(c2cccc3cccc(-c4ccccc4N(c4ccc(-c5ccc(-c6ccccc6)cc5)cc4)c4ccc(-c5ccc6c(c5)C(C)(C5C=CC=CC5)c5ccccc5-6)cc4)c23)=C1. The van der Waals surface area contributed by atoms with Gasteiger partial charge < -0.3 is 4.90 Å². The molecule has 9 aromatic rings. The number of para-hydroxylation sites is 1. The van der Waals surface area contributed by atoms with Gasteiger partial charge in [-0.1, -0.05) is 255 Å². The normalized spacial score (nSPS) is 18.1. The van der Waals surface area contributed by atoms with Gasteiger partial charge in [0.1, 0.15) is 0 Å². The summed E-state index contributed by atoms with van der Waals surface area (Å²) >= 11 is 0. The number of anilines is 3. The summed E-state index contributed by atoms with van der Waals surface area (Å²) in [5.41, 5.74) is 22.8. The Morgan fingerprint density at radius 3 is 1.63 bits per heavy atom. The Balaban J connectivity index is 0.977. The van der Waals surface area contributed by atoms with Crippen molar-refractivity contribution in [1.29, 1.82) is 0 Å². The molecule has 0 saturated heterocycles. The zero-order valence-corrected chi connectivity index (χ0v) is 44.6. The maximum absolute atomic E-state index is 2.56. The smallest absolute Gasteiger partial charge is 0.0540 e. The molecule has 0 amide bonds. The summed E-state index contributed by atoms with van der Waals surface area (Å²) in [5, 5.41) is 2.56. The van der Waals surface area contributed by atoms with E-state index in [0.29, 0.717) is 11.8 Å². The molecule has 3 atom stereocenters. The molecule has 3 aliphatic rings. The van der Waals surface area contributed by atoms with Gasteiger partial charge in [-0.3, -0.25) is 0 Å². The molecule has 3 unspecified atom stereocenters. The average Bonchev–Trinajstić information content (AvgIpc) is 3.77. The Labute approximate surface area is 446 Å². The first-order valence-corrected chi connectivity index (χ1v) is 27.1. The third-order valence-electron chi connectivity index (χ3n) is 16.8. The molecule has 0 saturated carbocycles. The van der Waals surface area contributed by atoms with Gasteiger partial charge in [-0.25, -0.2) is 0 Å². The van der Waals surface area contributed by atoms with Gasteiger partial charge in [-0.05, 0) is 161 Å². The van der Waals surface area contributed by atoms with Gasteiger partial charge in [-0.15, -0.1) is 0 Å². The molecule has 12 rings (SSSR count). The van der Waals surface area contributed by atoms with Crippen LogP contribution in [0.3, 0.4) is 0 Å². The summed E-state index contributed by atoms with van der Waals surface area (Å²) < 4.78 is 0. The molecule has 0 N–H and O–H groups in total. The van der Waals surface area contributed by atoms with Crippen LogP contribution in [0, 0.1) is 22.7 Å². The van der Waals surface area contributed by atoms with E-state index >= 15 is 0 Å². The molecular formula is C74H67N. The Morgan fingerprint density at radius 2 is 1.00 bits per heavy atom. The van der Waals surface area contributed by atoms with E-state index in [2.05, 4.69) is 296 Å². The molecule has 0 spiro atoms. The molecule has 75 heavy (non-hydrogen) atoms.